The third kappa shape index (κ3) is 6.20. The molecule has 0 aliphatic carbocycles. The van der Waals surface area contributed by atoms with Crippen LogP contribution in [0.5, 0.6) is 5.75 Å². The summed E-state index contributed by atoms with van der Waals surface area (Å²) < 4.78 is 5.20. The highest BCUT2D eigenvalue weighted by atomic mass is 16.5. The van der Waals surface area contributed by atoms with E-state index in [0.29, 0.717) is 18.6 Å². The van der Waals surface area contributed by atoms with Gasteiger partial charge in [0.2, 0.25) is 0 Å². The summed E-state index contributed by atoms with van der Waals surface area (Å²) in [4.78, 5) is 14.1. The molecule has 3 nitrogen and oxygen atoms in total. The van der Waals surface area contributed by atoms with E-state index in [1.165, 1.54) is 5.56 Å². The van der Waals surface area contributed by atoms with Crippen molar-refractivity contribution in [3.05, 3.63) is 29.8 Å². The van der Waals surface area contributed by atoms with Crippen molar-refractivity contribution in [2.75, 3.05) is 26.7 Å². The second-order valence-corrected chi connectivity index (χ2v) is 5.02. The van der Waals surface area contributed by atoms with E-state index < -0.39 is 0 Å². The molecule has 0 unspecified atom stereocenters. The van der Waals surface area contributed by atoms with E-state index in [0.717, 1.165) is 38.2 Å². The Kier molecular flexibility index (Phi) is 7.97. The molecule has 0 saturated carbocycles. The van der Waals surface area contributed by atoms with Crippen molar-refractivity contribution in [3.8, 4) is 5.75 Å². The summed E-state index contributed by atoms with van der Waals surface area (Å²) in [6.07, 6.45) is 3.22. The van der Waals surface area contributed by atoms with Crippen LogP contribution in [0.4, 0.5) is 0 Å². The first kappa shape index (κ1) is 16.7. The van der Waals surface area contributed by atoms with Crippen molar-refractivity contribution >= 4 is 5.78 Å². The van der Waals surface area contributed by atoms with Gasteiger partial charge in [-0.2, -0.15) is 0 Å². The lowest BCUT2D eigenvalue weighted by atomic mass is 10.1. The molecule has 0 saturated heterocycles. The smallest absolute Gasteiger partial charge is 0.134 e. The molecule has 20 heavy (non-hydrogen) atoms. The normalized spacial score (nSPS) is 10.8. The Morgan fingerprint density at radius 2 is 1.95 bits per heavy atom. The lowest BCUT2D eigenvalue weighted by Crippen LogP contribution is -2.25. The Morgan fingerprint density at radius 3 is 2.60 bits per heavy atom. The molecule has 0 N–H and O–H groups in total. The molecular weight excluding hydrogens is 250 g/mol. The van der Waals surface area contributed by atoms with Gasteiger partial charge in [-0.3, -0.25) is 4.79 Å². The summed E-state index contributed by atoms with van der Waals surface area (Å²) in [5.41, 5.74) is 1.24. The van der Waals surface area contributed by atoms with Gasteiger partial charge in [-0.25, -0.2) is 0 Å². The summed E-state index contributed by atoms with van der Waals surface area (Å²) in [7, 11) is 1.68. The van der Waals surface area contributed by atoms with E-state index in [1.807, 2.05) is 18.2 Å². The monoisotopic (exact) mass is 277 g/mol. The van der Waals surface area contributed by atoms with E-state index in [-0.39, 0.29) is 0 Å². The number of nitrogens with zero attached hydrogens (tertiary/aromatic N) is 1. The first-order chi connectivity index (χ1) is 9.69. The third-order valence-corrected chi connectivity index (χ3v) is 3.66. The van der Waals surface area contributed by atoms with Crippen LogP contribution in [0, 0.1) is 0 Å². The first-order valence-corrected chi connectivity index (χ1v) is 7.56. The van der Waals surface area contributed by atoms with Crippen molar-refractivity contribution in [3.63, 3.8) is 0 Å². The summed E-state index contributed by atoms with van der Waals surface area (Å²) in [5, 5.41) is 0. The number of methoxy groups -OCH3 is 1. The van der Waals surface area contributed by atoms with Gasteiger partial charge in [-0.15, -0.1) is 0 Å². The van der Waals surface area contributed by atoms with Crippen LogP contribution in [0.1, 0.15) is 38.7 Å². The van der Waals surface area contributed by atoms with Gasteiger partial charge in [-0.05, 0) is 43.6 Å². The number of aryl methyl sites for hydroxylation is 1. The van der Waals surface area contributed by atoms with Gasteiger partial charge >= 0.3 is 0 Å². The Labute approximate surface area is 122 Å². The number of ketones is 1. The molecule has 112 valence electrons. The molecule has 0 atom stereocenters. The van der Waals surface area contributed by atoms with Crippen LogP contribution < -0.4 is 4.74 Å². The number of ether oxygens (including phenoxy) is 1. The maximum atomic E-state index is 11.8. The Bertz CT molecular complexity index is 400. The van der Waals surface area contributed by atoms with Crippen LogP contribution in [0.3, 0.4) is 0 Å². The maximum Gasteiger partial charge on any atom is 0.134 e. The van der Waals surface area contributed by atoms with Crippen LogP contribution in [-0.2, 0) is 11.2 Å². The fraction of sp³-hybridized carbons (Fsp3) is 0.588. The molecule has 0 radical (unpaired) electrons. The predicted molar refractivity (Wildman–Crippen MR) is 83.3 cm³/mol. The lowest BCUT2D eigenvalue weighted by molar-refractivity contribution is -0.119. The predicted octanol–water partition coefficient (Wildman–Crippen LogP) is 3.32. The molecule has 0 aromatic heterocycles. The first-order valence-electron chi connectivity index (χ1n) is 7.56. The minimum Gasteiger partial charge on any atom is -0.497 e. The molecule has 0 aliphatic rings. The minimum absolute atomic E-state index is 0.375. The van der Waals surface area contributed by atoms with Crippen molar-refractivity contribution in [2.24, 2.45) is 0 Å². The number of hydrogen-bond donors (Lipinski definition) is 0. The number of carbonyl (C=O) groups is 1. The number of rotatable bonds is 10. The molecule has 3 heteroatoms. The highest BCUT2D eigenvalue weighted by Gasteiger charge is 2.05. The number of carbonyl (C=O) groups excluding carboxylic acids is 1. The molecule has 0 heterocycles. The lowest BCUT2D eigenvalue weighted by Gasteiger charge is -2.16. The van der Waals surface area contributed by atoms with Gasteiger partial charge in [0.25, 0.3) is 0 Å². The SMILES string of the molecule is CCN(CC)CCC(=O)CCCc1cccc(OC)c1. The number of hydrogen-bond acceptors (Lipinski definition) is 3. The van der Waals surface area contributed by atoms with Crippen molar-refractivity contribution < 1.29 is 9.53 Å². The molecular formula is C17H27NO2. The second kappa shape index (κ2) is 9.54. The molecule has 0 spiro atoms. The van der Waals surface area contributed by atoms with E-state index in [2.05, 4.69) is 24.8 Å². The Hall–Kier alpha value is -1.35. The van der Waals surface area contributed by atoms with E-state index in [9.17, 15) is 4.79 Å². The average Bonchev–Trinajstić information content (AvgIpc) is 2.48. The minimum atomic E-state index is 0.375. The fourth-order valence-electron chi connectivity index (χ4n) is 2.27. The van der Waals surface area contributed by atoms with E-state index in [4.69, 9.17) is 4.74 Å². The molecule has 1 aromatic rings. The van der Waals surface area contributed by atoms with E-state index >= 15 is 0 Å². The van der Waals surface area contributed by atoms with Gasteiger partial charge in [0.1, 0.15) is 11.5 Å². The van der Waals surface area contributed by atoms with Crippen LogP contribution in [0.15, 0.2) is 24.3 Å². The van der Waals surface area contributed by atoms with Gasteiger partial charge in [0, 0.05) is 19.4 Å². The maximum absolute atomic E-state index is 11.8. The summed E-state index contributed by atoms with van der Waals surface area (Å²) >= 11 is 0. The summed E-state index contributed by atoms with van der Waals surface area (Å²) in [6, 6.07) is 8.07. The van der Waals surface area contributed by atoms with Crippen molar-refractivity contribution in [1.82, 2.24) is 4.90 Å². The van der Waals surface area contributed by atoms with Gasteiger partial charge in [0.15, 0.2) is 0 Å². The topological polar surface area (TPSA) is 29.5 Å². The highest BCUT2D eigenvalue weighted by molar-refractivity contribution is 5.78. The zero-order chi connectivity index (χ0) is 14.8. The van der Waals surface area contributed by atoms with Crippen LogP contribution in [0.2, 0.25) is 0 Å². The molecule has 1 aromatic carbocycles. The standard InChI is InChI=1S/C17H27NO2/c1-4-18(5-2)13-12-16(19)10-6-8-15-9-7-11-17(14-15)20-3/h7,9,11,14H,4-6,8,10,12-13H2,1-3H3. The summed E-state index contributed by atoms with van der Waals surface area (Å²) in [5.74, 6) is 1.26. The van der Waals surface area contributed by atoms with Crippen LogP contribution in [-0.4, -0.2) is 37.4 Å². The Balaban J connectivity index is 2.24. The van der Waals surface area contributed by atoms with Crippen LogP contribution >= 0.6 is 0 Å². The molecule has 0 amide bonds. The molecule has 0 aliphatic heterocycles. The Morgan fingerprint density at radius 1 is 1.20 bits per heavy atom. The van der Waals surface area contributed by atoms with Gasteiger partial charge in [-0.1, -0.05) is 26.0 Å². The fourth-order valence-corrected chi connectivity index (χ4v) is 2.27. The van der Waals surface area contributed by atoms with Crippen molar-refractivity contribution in [1.29, 1.82) is 0 Å². The number of benzene rings is 1. The van der Waals surface area contributed by atoms with E-state index in [1.54, 1.807) is 7.11 Å². The third-order valence-electron chi connectivity index (χ3n) is 3.66. The molecule has 0 fully saturated rings. The molecule has 0 bridgehead atoms. The van der Waals surface area contributed by atoms with Crippen molar-refractivity contribution in [2.45, 2.75) is 39.5 Å². The molecule has 1 rings (SSSR count). The van der Waals surface area contributed by atoms with Gasteiger partial charge < -0.3 is 9.64 Å². The van der Waals surface area contributed by atoms with Crippen LogP contribution in [0.25, 0.3) is 0 Å². The summed E-state index contributed by atoms with van der Waals surface area (Å²) in [6.45, 7) is 7.21. The second-order valence-electron chi connectivity index (χ2n) is 5.02. The quantitative estimate of drug-likeness (QED) is 0.657. The highest BCUT2D eigenvalue weighted by Crippen LogP contribution is 2.14. The van der Waals surface area contributed by atoms with Gasteiger partial charge in [0.05, 0.1) is 7.11 Å². The number of Topliss-reactive ketones (excluding diaryl/α,β-unsaturated/α-hetero) is 1. The zero-order valence-corrected chi connectivity index (χ0v) is 13.0. The largest absolute Gasteiger partial charge is 0.497 e. The average molecular weight is 277 g/mol. The zero-order valence-electron chi connectivity index (χ0n) is 13.0.